The smallest absolute Gasteiger partial charge is 0.227 e. The first-order valence-electron chi connectivity index (χ1n) is 5.64. The summed E-state index contributed by atoms with van der Waals surface area (Å²) in [5.41, 5.74) is 0.985. The molecule has 0 aliphatic carbocycles. The molecule has 1 saturated heterocycles. The van der Waals surface area contributed by atoms with E-state index in [1.807, 2.05) is 18.1 Å². The Labute approximate surface area is 95.4 Å². The molecule has 1 aromatic rings. The Hall–Kier alpha value is -1.36. The molecule has 1 N–H and O–H groups in total. The summed E-state index contributed by atoms with van der Waals surface area (Å²) in [7, 11) is 1.86. The summed E-state index contributed by atoms with van der Waals surface area (Å²) >= 11 is 0. The van der Waals surface area contributed by atoms with Crippen LogP contribution in [0.1, 0.15) is 12.5 Å². The number of aromatic nitrogens is 2. The molecule has 16 heavy (non-hydrogen) atoms. The lowest BCUT2D eigenvalue weighted by molar-refractivity contribution is -0.131. The lowest BCUT2D eigenvalue weighted by atomic mass is 10.2. The van der Waals surface area contributed by atoms with E-state index >= 15 is 0 Å². The highest BCUT2D eigenvalue weighted by atomic mass is 16.2. The van der Waals surface area contributed by atoms with Crippen LogP contribution in [-0.4, -0.2) is 46.3 Å². The molecule has 2 rings (SSSR count). The molecule has 1 fully saturated rings. The van der Waals surface area contributed by atoms with Gasteiger partial charge in [-0.1, -0.05) is 0 Å². The molecule has 5 nitrogen and oxygen atoms in total. The molecule has 2 heterocycles. The molecule has 1 aromatic heterocycles. The van der Waals surface area contributed by atoms with Crippen molar-refractivity contribution in [1.29, 1.82) is 0 Å². The van der Waals surface area contributed by atoms with Gasteiger partial charge in [0, 0.05) is 38.9 Å². The predicted octanol–water partition coefficient (Wildman–Crippen LogP) is -0.217. The fraction of sp³-hybridized carbons (Fsp3) is 0.636. The molecule has 1 atom stereocenters. The van der Waals surface area contributed by atoms with Gasteiger partial charge >= 0.3 is 0 Å². The van der Waals surface area contributed by atoms with Gasteiger partial charge in [0.25, 0.3) is 0 Å². The average Bonchev–Trinajstić information content (AvgIpc) is 2.64. The van der Waals surface area contributed by atoms with Crippen LogP contribution in [0.2, 0.25) is 0 Å². The number of aryl methyl sites for hydroxylation is 1. The third-order valence-electron chi connectivity index (χ3n) is 2.84. The van der Waals surface area contributed by atoms with Gasteiger partial charge in [-0.25, -0.2) is 0 Å². The Kier molecular flexibility index (Phi) is 3.24. The van der Waals surface area contributed by atoms with Gasteiger partial charge in [0.2, 0.25) is 5.91 Å². The molecular weight excluding hydrogens is 204 g/mol. The number of nitrogens with one attached hydrogen (secondary N) is 1. The minimum Gasteiger partial charge on any atom is -0.340 e. The van der Waals surface area contributed by atoms with Crippen molar-refractivity contribution in [3.8, 4) is 0 Å². The van der Waals surface area contributed by atoms with Crippen molar-refractivity contribution in [2.75, 3.05) is 19.6 Å². The number of nitrogens with zero attached hydrogens (tertiary/aromatic N) is 3. The zero-order valence-electron chi connectivity index (χ0n) is 9.81. The van der Waals surface area contributed by atoms with Crippen molar-refractivity contribution in [2.45, 2.75) is 19.4 Å². The Morgan fingerprint density at radius 3 is 3.12 bits per heavy atom. The van der Waals surface area contributed by atoms with Gasteiger partial charge < -0.3 is 10.2 Å². The quantitative estimate of drug-likeness (QED) is 0.753. The Bertz CT molecular complexity index is 374. The molecule has 1 aliphatic rings. The van der Waals surface area contributed by atoms with E-state index in [0.29, 0.717) is 12.5 Å². The van der Waals surface area contributed by atoms with Crippen LogP contribution in [0.25, 0.3) is 0 Å². The van der Waals surface area contributed by atoms with Crippen molar-refractivity contribution in [1.82, 2.24) is 20.0 Å². The average molecular weight is 222 g/mol. The summed E-state index contributed by atoms with van der Waals surface area (Å²) in [4.78, 5) is 13.9. The van der Waals surface area contributed by atoms with Crippen molar-refractivity contribution in [3.05, 3.63) is 18.0 Å². The van der Waals surface area contributed by atoms with Crippen molar-refractivity contribution in [2.24, 2.45) is 7.05 Å². The maximum Gasteiger partial charge on any atom is 0.227 e. The van der Waals surface area contributed by atoms with Crippen LogP contribution in [0, 0.1) is 0 Å². The number of amides is 1. The molecule has 0 aromatic carbocycles. The standard InChI is InChI=1S/C11H18N4O/c1-9-7-15(4-3-12-9)11(16)5-10-6-13-14(2)8-10/h6,8-9,12H,3-5,7H2,1-2H3. The number of hydrogen-bond acceptors (Lipinski definition) is 3. The highest BCUT2D eigenvalue weighted by Crippen LogP contribution is 2.04. The minimum absolute atomic E-state index is 0.196. The van der Waals surface area contributed by atoms with Crippen LogP contribution in [0.5, 0.6) is 0 Å². The molecule has 88 valence electrons. The lowest BCUT2D eigenvalue weighted by Crippen LogP contribution is -2.51. The third-order valence-corrected chi connectivity index (χ3v) is 2.84. The molecule has 0 saturated carbocycles. The van der Waals surface area contributed by atoms with Crippen LogP contribution in [0.3, 0.4) is 0 Å². The first-order chi connectivity index (χ1) is 7.65. The summed E-state index contributed by atoms with van der Waals surface area (Å²) in [6, 6.07) is 0.395. The number of rotatable bonds is 2. The van der Waals surface area contributed by atoms with Gasteiger partial charge in [0.1, 0.15) is 0 Å². The Morgan fingerprint density at radius 1 is 1.69 bits per heavy atom. The van der Waals surface area contributed by atoms with E-state index in [4.69, 9.17) is 0 Å². The molecule has 5 heteroatoms. The molecule has 1 unspecified atom stereocenters. The minimum atomic E-state index is 0.196. The molecule has 0 bridgehead atoms. The van der Waals surface area contributed by atoms with E-state index in [9.17, 15) is 4.79 Å². The second-order valence-corrected chi connectivity index (χ2v) is 4.39. The van der Waals surface area contributed by atoms with Gasteiger partial charge in [-0.3, -0.25) is 9.48 Å². The fourth-order valence-corrected chi connectivity index (χ4v) is 2.01. The van der Waals surface area contributed by atoms with Crippen molar-refractivity contribution >= 4 is 5.91 Å². The molecule has 1 amide bonds. The highest BCUT2D eigenvalue weighted by molar-refractivity contribution is 5.78. The molecule has 0 radical (unpaired) electrons. The van der Waals surface area contributed by atoms with Crippen LogP contribution < -0.4 is 5.32 Å². The van der Waals surface area contributed by atoms with Crippen LogP contribution in [0.15, 0.2) is 12.4 Å². The van der Waals surface area contributed by atoms with E-state index in [1.54, 1.807) is 10.9 Å². The largest absolute Gasteiger partial charge is 0.340 e. The highest BCUT2D eigenvalue weighted by Gasteiger charge is 2.20. The SMILES string of the molecule is CC1CN(C(=O)Cc2cnn(C)c2)CCN1. The van der Waals surface area contributed by atoms with Gasteiger partial charge in [-0.15, -0.1) is 0 Å². The van der Waals surface area contributed by atoms with Gasteiger partial charge in [-0.05, 0) is 12.5 Å². The van der Waals surface area contributed by atoms with E-state index in [0.717, 1.165) is 25.2 Å². The number of carbonyl (C=O) groups excluding carboxylic acids is 1. The second-order valence-electron chi connectivity index (χ2n) is 4.39. The van der Waals surface area contributed by atoms with Gasteiger partial charge in [0.05, 0.1) is 12.6 Å². The van der Waals surface area contributed by atoms with Crippen LogP contribution in [-0.2, 0) is 18.3 Å². The summed E-state index contributed by atoms with van der Waals surface area (Å²) in [6.07, 6.45) is 4.10. The van der Waals surface area contributed by atoms with E-state index in [-0.39, 0.29) is 5.91 Å². The summed E-state index contributed by atoms with van der Waals surface area (Å²) < 4.78 is 1.73. The lowest BCUT2D eigenvalue weighted by Gasteiger charge is -2.31. The van der Waals surface area contributed by atoms with E-state index in [2.05, 4.69) is 17.3 Å². The first kappa shape index (κ1) is 11.1. The van der Waals surface area contributed by atoms with Gasteiger partial charge in [-0.2, -0.15) is 5.10 Å². The third kappa shape index (κ3) is 2.61. The summed E-state index contributed by atoms with van der Waals surface area (Å²) in [5, 5.41) is 7.39. The van der Waals surface area contributed by atoms with Gasteiger partial charge in [0.15, 0.2) is 0 Å². The second kappa shape index (κ2) is 4.65. The maximum absolute atomic E-state index is 12.0. The predicted molar refractivity (Wildman–Crippen MR) is 61.0 cm³/mol. The maximum atomic E-state index is 12.0. The van der Waals surface area contributed by atoms with Crippen molar-refractivity contribution < 1.29 is 4.79 Å². The van der Waals surface area contributed by atoms with E-state index in [1.165, 1.54) is 0 Å². The number of piperazine rings is 1. The summed E-state index contributed by atoms with van der Waals surface area (Å²) in [5.74, 6) is 0.196. The van der Waals surface area contributed by atoms with Crippen LogP contribution in [0.4, 0.5) is 0 Å². The molecule has 0 spiro atoms. The fourth-order valence-electron chi connectivity index (χ4n) is 2.01. The zero-order chi connectivity index (χ0) is 11.5. The monoisotopic (exact) mass is 222 g/mol. The number of carbonyl (C=O) groups is 1. The van der Waals surface area contributed by atoms with Crippen LogP contribution >= 0.6 is 0 Å². The van der Waals surface area contributed by atoms with E-state index < -0.39 is 0 Å². The zero-order valence-corrected chi connectivity index (χ0v) is 9.81. The molecular formula is C11H18N4O. The Balaban J connectivity index is 1.92. The molecule has 1 aliphatic heterocycles. The van der Waals surface area contributed by atoms with Crippen molar-refractivity contribution in [3.63, 3.8) is 0 Å². The normalized spacial score (nSPS) is 21.1. The topological polar surface area (TPSA) is 50.2 Å². The Morgan fingerprint density at radius 2 is 2.50 bits per heavy atom. The number of hydrogen-bond donors (Lipinski definition) is 1. The summed E-state index contributed by atoms with van der Waals surface area (Å²) in [6.45, 7) is 4.60. The first-order valence-corrected chi connectivity index (χ1v) is 5.64.